The number of nitrogens with zero attached hydrogens (tertiary/aromatic N) is 1. The van der Waals surface area contributed by atoms with E-state index in [2.05, 4.69) is 55.3 Å². The first-order valence-corrected chi connectivity index (χ1v) is 10.1. The first kappa shape index (κ1) is 20.9. The normalized spacial score (nSPS) is 11.2. The van der Waals surface area contributed by atoms with Crippen molar-refractivity contribution in [3.8, 4) is 5.75 Å². The topological polar surface area (TPSA) is 37.6 Å². The zero-order chi connectivity index (χ0) is 20.9. The average molecular weight is 409 g/mol. The van der Waals surface area contributed by atoms with Crippen molar-refractivity contribution in [1.82, 2.24) is 4.90 Å². The first-order valence-electron chi connectivity index (χ1n) is 9.67. The van der Waals surface area contributed by atoms with Crippen LogP contribution < -0.4 is 10.1 Å². The molecule has 0 fully saturated rings. The maximum Gasteiger partial charge on any atom is 0.174 e. The average Bonchev–Trinajstić information content (AvgIpc) is 3.20. The minimum absolute atomic E-state index is 0.135. The molecule has 0 radical (unpaired) electrons. The molecule has 0 amide bonds. The third-order valence-corrected chi connectivity index (χ3v) is 5.09. The highest BCUT2D eigenvalue weighted by atomic mass is 32.1. The Morgan fingerprint density at radius 1 is 1.03 bits per heavy atom. The van der Waals surface area contributed by atoms with Gasteiger partial charge in [0.2, 0.25) is 0 Å². The highest BCUT2D eigenvalue weighted by molar-refractivity contribution is 7.80. The molecule has 4 nitrogen and oxygen atoms in total. The number of rotatable bonds is 6. The molecular weight excluding hydrogens is 380 g/mol. The Morgan fingerprint density at radius 3 is 2.41 bits per heavy atom. The van der Waals surface area contributed by atoms with Gasteiger partial charge in [-0.3, -0.25) is 0 Å². The summed E-state index contributed by atoms with van der Waals surface area (Å²) in [5.41, 5.74) is 3.53. The minimum atomic E-state index is 0.135. The van der Waals surface area contributed by atoms with E-state index >= 15 is 0 Å². The Morgan fingerprint density at radius 2 is 1.79 bits per heavy atom. The van der Waals surface area contributed by atoms with Gasteiger partial charge in [0, 0.05) is 18.3 Å². The molecule has 2 aromatic carbocycles. The fourth-order valence-electron chi connectivity index (χ4n) is 3.02. The number of anilines is 1. The van der Waals surface area contributed by atoms with Gasteiger partial charge in [-0.05, 0) is 53.0 Å². The van der Waals surface area contributed by atoms with Gasteiger partial charge in [0.1, 0.15) is 11.5 Å². The highest BCUT2D eigenvalue weighted by Crippen LogP contribution is 2.23. The fourth-order valence-corrected chi connectivity index (χ4v) is 3.27. The molecule has 0 unspecified atom stereocenters. The van der Waals surface area contributed by atoms with Gasteiger partial charge in [0.15, 0.2) is 5.11 Å². The molecule has 152 valence electrons. The van der Waals surface area contributed by atoms with Crippen LogP contribution in [0.4, 0.5) is 5.69 Å². The molecular formula is C24H28N2O2S. The van der Waals surface area contributed by atoms with E-state index in [1.165, 1.54) is 11.1 Å². The molecule has 0 saturated heterocycles. The van der Waals surface area contributed by atoms with Crippen LogP contribution in [0.1, 0.15) is 37.7 Å². The van der Waals surface area contributed by atoms with Crippen molar-refractivity contribution in [3.63, 3.8) is 0 Å². The number of hydrogen-bond donors (Lipinski definition) is 1. The number of methoxy groups -OCH3 is 1. The molecule has 0 aliphatic rings. The van der Waals surface area contributed by atoms with E-state index in [1.54, 1.807) is 13.4 Å². The van der Waals surface area contributed by atoms with Crippen molar-refractivity contribution in [2.24, 2.45) is 0 Å². The molecule has 0 aliphatic heterocycles. The van der Waals surface area contributed by atoms with Crippen molar-refractivity contribution >= 4 is 23.0 Å². The molecule has 1 N–H and O–H groups in total. The third kappa shape index (κ3) is 5.84. The Hall–Kier alpha value is -2.79. The predicted molar refractivity (Wildman–Crippen MR) is 122 cm³/mol. The highest BCUT2D eigenvalue weighted by Gasteiger charge is 2.16. The van der Waals surface area contributed by atoms with E-state index in [4.69, 9.17) is 21.4 Å². The number of benzene rings is 2. The summed E-state index contributed by atoms with van der Waals surface area (Å²) < 4.78 is 10.9. The van der Waals surface area contributed by atoms with Crippen LogP contribution in [0, 0.1) is 0 Å². The number of hydrogen-bond acceptors (Lipinski definition) is 3. The molecule has 0 spiro atoms. The second-order valence-electron chi connectivity index (χ2n) is 8.04. The van der Waals surface area contributed by atoms with Crippen LogP contribution in [0.3, 0.4) is 0 Å². The van der Waals surface area contributed by atoms with Gasteiger partial charge in [-0.2, -0.15) is 0 Å². The molecule has 0 atom stereocenters. The molecule has 5 heteroatoms. The Balaban J connectivity index is 1.77. The number of thiocarbonyl (C=S) groups is 1. The summed E-state index contributed by atoms with van der Waals surface area (Å²) in [6.07, 6.45) is 1.68. The van der Waals surface area contributed by atoms with Gasteiger partial charge < -0.3 is 19.4 Å². The second kappa shape index (κ2) is 9.14. The Kier molecular flexibility index (Phi) is 6.60. The summed E-state index contributed by atoms with van der Waals surface area (Å²) >= 11 is 5.73. The van der Waals surface area contributed by atoms with Gasteiger partial charge in [-0.15, -0.1) is 0 Å². The maximum atomic E-state index is 5.73. The molecule has 0 aliphatic carbocycles. The van der Waals surface area contributed by atoms with Crippen LogP contribution in [-0.4, -0.2) is 17.1 Å². The van der Waals surface area contributed by atoms with Crippen molar-refractivity contribution in [2.75, 3.05) is 12.4 Å². The predicted octanol–water partition coefficient (Wildman–Crippen LogP) is 5.98. The molecule has 3 aromatic rings. The Labute approximate surface area is 178 Å². The van der Waals surface area contributed by atoms with E-state index in [0.29, 0.717) is 18.2 Å². The van der Waals surface area contributed by atoms with Gasteiger partial charge in [-0.25, -0.2) is 0 Å². The van der Waals surface area contributed by atoms with Crippen LogP contribution in [0.5, 0.6) is 5.75 Å². The van der Waals surface area contributed by atoms with Crippen LogP contribution in [0.25, 0.3) is 0 Å². The summed E-state index contributed by atoms with van der Waals surface area (Å²) in [7, 11) is 1.65. The van der Waals surface area contributed by atoms with Crippen molar-refractivity contribution in [3.05, 3.63) is 83.8 Å². The number of nitrogens with one attached hydrogen (secondary N) is 1. The smallest absolute Gasteiger partial charge is 0.174 e. The summed E-state index contributed by atoms with van der Waals surface area (Å²) in [5, 5.41) is 3.95. The standard InChI is InChI=1S/C24H28N2O2S/c1-24(2,3)19-12-10-18(11-13-19)16-26(17-22-9-6-14-28-22)23(29)25-20-7-5-8-21(15-20)27-4/h5-15H,16-17H2,1-4H3,(H,25,29). The largest absolute Gasteiger partial charge is 0.497 e. The molecule has 0 bridgehead atoms. The van der Waals surface area contributed by atoms with Crippen LogP contribution >= 0.6 is 12.2 Å². The molecule has 0 saturated carbocycles. The van der Waals surface area contributed by atoms with E-state index < -0.39 is 0 Å². The molecule has 1 heterocycles. The lowest BCUT2D eigenvalue weighted by atomic mass is 9.87. The quantitative estimate of drug-likeness (QED) is 0.508. The molecule has 29 heavy (non-hydrogen) atoms. The lowest BCUT2D eigenvalue weighted by Gasteiger charge is -2.26. The number of furan rings is 1. The summed E-state index contributed by atoms with van der Waals surface area (Å²) in [5.74, 6) is 1.65. The van der Waals surface area contributed by atoms with E-state index in [-0.39, 0.29) is 5.41 Å². The van der Waals surface area contributed by atoms with Gasteiger partial charge >= 0.3 is 0 Å². The summed E-state index contributed by atoms with van der Waals surface area (Å²) in [6.45, 7) is 7.93. The van der Waals surface area contributed by atoms with Crippen LogP contribution in [0.15, 0.2) is 71.3 Å². The summed E-state index contributed by atoms with van der Waals surface area (Å²) in [4.78, 5) is 2.10. The first-order chi connectivity index (χ1) is 13.8. The van der Waals surface area contributed by atoms with E-state index in [9.17, 15) is 0 Å². The molecule has 3 rings (SSSR count). The van der Waals surface area contributed by atoms with E-state index in [0.717, 1.165) is 17.2 Å². The maximum absolute atomic E-state index is 5.73. The van der Waals surface area contributed by atoms with Gasteiger partial charge in [0.05, 0.1) is 19.9 Å². The van der Waals surface area contributed by atoms with Crippen LogP contribution in [0.2, 0.25) is 0 Å². The van der Waals surface area contributed by atoms with Crippen molar-refractivity contribution in [2.45, 2.75) is 39.3 Å². The van der Waals surface area contributed by atoms with Crippen molar-refractivity contribution in [1.29, 1.82) is 0 Å². The lowest BCUT2D eigenvalue weighted by Crippen LogP contribution is -2.33. The van der Waals surface area contributed by atoms with E-state index in [1.807, 2.05) is 36.4 Å². The second-order valence-corrected chi connectivity index (χ2v) is 8.43. The third-order valence-electron chi connectivity index (χ3n) is 4.73. The van der Waals surface area contributed by atoms with Crippen molar-refractivity contribution < 1.29 is 9.15 Å². The zero-order valence-electron chi connectivity index (χ0n) is 17.4. The summed E-state index contributed by atoms with van der Waals surface area (Å²) in [6, 6.07) is 20.3. The Bertz CT molecular complexity index is 928. The minimum Gasteiger partial charge on any atom is -0.497 e. The zero-order valence-corrected chi connectivity index (χ0v) is 18.3. The fraction of sp³-hybridized carbons (Fsp3) is 0.292. The van der Waals surface area contributed by atoms with Gasteiger partial charge in [0.25, 0.3) is 0 Å². The monoisotopic (exact) mass is 408 g/mol. The van der Waals surface area contributed by atoms with Gasteiger partial charge in [-0.1, -0.05) is 51.1 Å². The number of ether oxygens (including phenoxy) is 1. The van der Waals surface area contributed by atoms with Crippen LogP contribution in [-0.2, 0) is 18.5 Å². The molecule has 1 aromatic heterocycles. The SMILES string of the molecule is COc1cccc(NC(=S)N(Cc2ccc(C(C)(C)C)cc2)Cc2ccco2)c1. The lowest BCUT2D eigenvalue weighted by molar-refractivity contribution is 0.360.